The van der Waals surface area contributed by atoms with Crippen LogP contribution in [0.2, 0.25) is 0 Å². The number of amides is 1. The average Bonchev–Trinajstić information content (AvgIpc) is 3.06. The number of hydrogen-bond donors (Lipinski definition) is 2. The van der Waals surface area contributed by atoms with Gasteiger partial charge < -0.3 is 14.4 Å². The second kappa shape index (κ2) is 10.7. The summed E-state index contributed by atoms with van der Waals surface area (Å²) >= 11 is 0. The number of carbonyl (C=O) groups excluding carboxylic acids is 1. The predicted molar refractivity (Wildman–Crippen MR) is 123 cm³/mol. The first-order valence-electron chi connectivity index (χ1n) is 10.6. The van der Waals surface area contributed by atoms with E-state index in [0.717, 1.165) is 28.3 Å². The van der Waals surface area contributed by atoms with Crippen LogP contribution in [0.3, 0.4) is 0 Å². The molecule has 1 atom stereocenters. The van der Waals surface area contributed by atoms with Gasteiger partial charge in [-0.15, -0.1) is 0 Å². The fourth-order valence-corrected chi connectivity index (χ4v) is 3.54. The lowest BCUT2D eigenvalue weighted by atomic mass is 10.0. The highest BCUT2D eigenvalue weighted by Crippen LogP contribution is 2.23. The zero-order valence-electron chi connectivity index (χ0n) is 18.5. The summed E-state index contributed by atoms with van der Waals surface area (Å²) in [6.07, 6.45) is 1.19. The van der Waals surface area contributed by atoms with E-state index in [2.05, 4.69) is 10.5 Å². The Balaban J connectivity index is 1.55. The summed E-state index contributed by atoms with van der Waals surface area (Å²) in [5.74, 6) is 0.135. The molecule has 6 nitrogen and oxygen atoms in total. The lowest BCUT2D eigenvalue weighted by Gasteiger charge is -2.11. The average molecular weight is 438 g/mol. The summed E-state index contributed by atoms with van der Waals surface area (Å²) < 4.78 is 21.4. The number of halogens is 1. The maximum absolute atomic E-state index is 14.2. The van der Waals surface area contributed by atoms with E-state index in [9.17, 15) is 14.3 Å². The molecule has 168 valence electrons. The monoisotopic (exact) mass is 437 g/mol. The lowest BCUT2D eigenvalue weighted by Crippen LogP contribution is -2.18. The molecular weight excluding hydrogens is 409 g/mol. The standard InChI is InChI=1S/C25H28FN3O3/c1-4-32-21-11-9-19(10-12-21)24(30)13-14-25(31)28-27-16-20-15-17(2)29(18(20)3)23-8-6-5-7-22(23)26/h5-12,15-16,24,30H,4,13-14H2,1-3H3,(H,28,31)/b27-16-/t24-/m1/s1. The van der Waals surface area contributed by atoms with E-state index in [4.69, 9.17) is 4.74 Å². The number of aliphatic hydroxyl groups excluding tert-OH is 1. The Morgan fingerprint density at radius 3 is 2.62 bits per heavy atom. The van der Waals surface area contributed by atoms with Crippen molar-refractivity contribution in [3.8, 4) is 11.4 Å². The van der Waals surface area contributed by atoms with Gasteiger partial charge in [0.25, 0.3) is 0 Å². The Kier molecular flexibility index (Phi) is 7.78. The summed E-state index contributed by atoms with van der Waals surface area (Å²) in [5.41, 5.74) is 6.14. The zero-order chi connectivity index (χ0) is 23.1. The van der Waals surface area contributed by atoms with Gasteiger partial charge in [0.05, 0.1) is 24.6 Å². The van der Waals surface area contributed by atoms with E-state index in [0.29, 0.717) is 12.3 Å². The minimum absolute atomic E-state index is 0.125. The van der Waals surface area contributed by atoms with E-state index < -0.39 is 6.10 Å². The Bertz CT molecular complexity index is 1090. The summed E-state index contributed by atoms with van der Waals surface area (Å²) in [6, 6.07) is 15.6. The van der Waals surface area contributed by atoms with Crippen LogP contribution in [0.1, 0.15) is 48.4 Å². The number of aryl methyl sites for hydroxylation is 1. The molecule has 0 bridgehead atoms. The first kappa shape index (κ1) is 23.2. The predicted octanol–water partition coefficient (Wildman–Crippen LogP) is 4.60. The summed E-state index contributed by atoms with van der Waals surface area (Å²) in [7, 11) is 0. The van der Waals surface area contributed by atoms with Crippen molar-refractivity contribution in [1.29, 1.82) is 0 Å². The van der Waals surface area contributed by atoms with Gasteiger partial charge in [-0.3, -0.25) is 4.79 Å². The number of benzene rings is 2. The number of nitrogens with one attached hydrogen (secondary N) is 1. The van der Waals surface area contributed by atoms with E-state index in [1.165, 1.54) is 6.07 Å². The van der Waals surface area contributed by atoms with Crippen LogP contribution < -0.4 is 10.2 Å². The van der Waals surface area contributed by atoms with Gasteiger partial charge in [0.1, 0.15) is 11.6 Å². The van der Waals surface area contributed by atoms with Crippen LogP contribution in [0.5, 0.6) is 5.75 Å². The van der Waals surface area contributed by atoms with Crippen molar-refractivity contribution in [2.75, 3.05) is 6.61 Å². The molecule has 2 N–H and O–H groups in total. The van der Waals surface area contributed by atoms with Gasteiger partial charge in [-0.2, -0.15) is 5.10 Å². The first-order valence-corrected chi connectivity index (χ1v) is 10.6. The quantitative estimate of drug-likeness (QED) is 0.380. The molecule has 7 heteroatoms. The molecular formula is C25H28FN3O3. The number of nitrogens with zero attached hydrogens (tertiary/aromatic N) is 2. The number of aliphatic hydroxyl groups is 1. The van der Waals surface area contributed by atoms with E-state index >= 15 is 0 Å². The molecule has 0 saturated heterocycles. The van der Waals surface area contributed by atoms with Crippen LogP contribution in [0.15, 0.2) is 59.7 Å². The number of para-hydroxylation sites is 1. The number of hydrazone groups is 1. The van der Waals surface area contributed by atoms with Gasteiger partial charge in [-0.1, -0.05) is 24.3 Å². The first-order chi connectivity index (χ1) is 15.4. The largest absolute Gasteiger partial charge is 0.494 e. The molecule has 1 amide bonds. The molecule has 32 heavy (non-hydrogen) atoms. The molecule has 2 aromatic carbocycles. The molecule has 0 unspecified atom stereocenters. The third kappa shape index (κ3) is 5.62. The molecule has 0 aliphatic heterocycles. The van der Waals surface area contributed by atoms with Gasteiger partial charge in [0.2, 0.25) is 5.91 Å². The van der Waals surface area contributed by atoms with Gasteiger partial charge in [-0.25, -0.2) is 9.82 Å². The van der Waals surface area contributed by atoms with E-state index in [1.54, 1.807) is 48.7 Å². The lowest BCUT2D eigenvalue weighted by molar-refractivity contribution is -0.121. The summed E-state index contributed by atoms with van der Waals surface area (Å²) in [5, 5.41) is 14.3. The van der Waals surface area contributed by atoms with E-state index in [-0.39, 0.29) is 24.6 Å². The third-order valence-electron chi connectivity index (χ3n) is 5.18. The summed E-state index contributed by atoms with van der Waals surface area (Å²) in [4.78, 5) is 12.1. The summed E-state index contributed by atoms with van der Waals surface area (Å²) in [6.45, 7) is 6.24. The number of aromatic nitrogens is 1. The van der Waals surface area contributed by atoms with Crippen LogP contribution in [0, 0.1) is 19.7 Å². The Labute approximate surface area is 187 Å². The van der Waals surface area contributed by atoms with Gasteiger partial charge in [0.15, 0.2) is 0 Å². The number of hydrogen-bond acceptors (Lipinski definition) is 4. The smallest absolute Gasteiger partial charge is 0.240 e. The van der Waals surface area contributed by atoms with Gasteiger partial charge in [0, 0.05) is 23.4 Å². The molecule has 1 heterocycles. The van der Waals surface area contributed by atoms with E-state index in [1.807, 2.05) is 31.4 Å². The fourth-order valence-electron chi connectivity index (χ4n) is 3.54. The van der Waals surface area contributed by atoms with Crippen molar-refractivity contribution in [3.63, 3.8) is 0 Å². The van der Waals surface area contributed by atoms with Crippen molar-refractivity contribution in [2.24, 2.45) is 5.10 Å². The maximum Gasteiger partial charge on any atom is 0.240 e. The molecule has 0 saturated carbocycles. The Morgan fingerprint density at radius 1 is 1.22 bits per heavy atom. The van der Waals surface area contributed by atoms with Crippen molar-refractivity contribution < 1.29 is 19.0 Å². The number of ether oxygens (including phenoxy) is 1. The van der Waals surface area contributed by atoms with Crippen LogP contribution in [0.4, 0.5) is 4.39 Å². The molecule has 0 aliphatic carbocycles. The SMILES string of the molecule is CCOc1ccc([C@H](O)CCC(=O)N/N=C\c2cc(C)n(-c3ccccc3F)c2C)cc1. The molecule has 3 rings (SSSR count). The maximum atomic E-state index is 14.2. The van der Waals surface area contributed by atoms with Crippen molar-refractivity contribution >= 4 is 12.1 Å². The molecule has 3 aromatic rings. The highest BCUT2D eigenvalue weighted by Gasteiger charge is 2.13. The van der Waals surface area contributed by atoms with Crippen LogP contribution in [-0.4, -0.2) is 28.4 Å². The van der Waals surface area contributed by atoms with Gasteiger partial charge in [-0.05, 0) is 63.1 Å². The number of rotatable bonds is 9. The molecule has 1 aromatic heterocycles. The Morgan fingerprint density at radius 2 is 1.94 bits per heavy atom. The highest BCUT2D eigenvalue weighted by molar-refractivity contribution is 5.84. The van der Waals surface area contributed by atoms with Crippen LogP contribution >= 0.6 is 0 Å². The Hall–Kier alpha value is -3.45. The number of carbonyl (C=O) groups is 1. The molecule has 0 spiro atoms. The van der Waals surface area contributed by atoms with Crippen LogP contribution in [-0.2, 0) is 4.79 Å². The topological polar surface area (TPSA) is 75.8 Å². The molecule has 0 radical (unpaired) electrons. The zero-order valence-corrected chi connectivity index (χ0v) is 18.5. The van der Waals surface area contributed by atoms with Crippen molar-refractivity contribution in [2.45, 2.75) is 39.7 Å². The second-order valence-electron chi connectivity index (χ2n) is 7.46. The molecule has 0 fully saturated rings. The fraction of sp³-hybridized carbons (Fsp3) is 0.280. The highest BCUT2D eigenvalue weighted by atomic mass is 19.1. The minimum Gasteiger partial charge on any atom is -0.494 e. The van der Waals surface area contributed by atoms with Gasteiger partial charge >= 0.3 is 0 Å². The second-order valence-corrected chi connectivity index (χ2v) is 7.46. The third-order valence-corrected chi connectivity index (χ3v) is 5.18. The minimum atomic E-state index is -0.750. The van der Waals surface area contributed by atoms with Crippen LogP contribution in [0.25, 0.3) is 5.69 Å². The van der Waals surface area contributed by atoms with Crippen molar-refractivity contribution in [1.82, 2.24) is 9.99 Å². The normalized spacial score (nSPS) is 12.2. The van der Waals surface area contributed by atoms with Crippen molar-refractivity contribution in [3.05, 3.63) is 82.9 Å². The molecule has 0 aliphatic rings.